The summed E-state index contributed by atoms with van der Waals surface area (Å²) in [5.74, 6) is -0.0892. The predicted octanol–water partition coefficient (Wildman–Crippen LogP) is 4.51. The molecule has 3 aromatic rings. The van der Waals surface area contributed by atoms with Gasteiger partial charge < -0.3 is 10.2 Å². The highest BCUT2D eigenvalue weighted by molar-refractivity contribution is 7.09. The third-order valence-electron chi connectivity index (χ3n) is 6.25. The maximum atomic E-state index is 12.8. The molecule has 2 amide bonds. The SMILES string of the molecule is Cc1cccc(C)c1Cc1csc(CNC(=O)CCC(=O)N2CCCC2c2cccnc2)n1. The second kappa shape index (κ2) is 10.7. The number of carbonyl (C=O) groups excluding carboxylic acids is 2. The van der Waals surface area contributed by atoms with Crippen LogP contribution in [0.1, 0.15) is 64.7 Å². The van der Waals surface area contributed by atoms with Crippen LogP contribution in [0.5, 0.6) is 0 Å². The fourth-order valence-corrected chi connectivity index (χ4v) is 5.17. The molecule has 1 fully saturated rings. The van der Waals surface area contributed by atoms with Crippen molar-refractivity contribution in [1.82, 2.24) is 20.2 Å². The van der Waals surface area contributed by atoms with Crippen LogP contribution < -0.4 is 5.32 Å². The minimum atomic E-state index is -0.119. The Labute approximate surface area is 199 Å². The van der Waals surface area contributed by atoms with Gasteiger partial charge in [-0.25, -0.2) is 4.98 Å². The number of amides is 2. The van der Waals surface area contributed by atoms with Crippen molar-refractivity contribution in [1.29, 1.82) is 0 Å². The van der Waals surface area contributed by atoms with Crippen LogP contribution in [0.4, 0.5) is 0 Å². The molecular formula is C26H30N4O2S. The van der Waals surface area contributed by atoms with Gasteiger partial charge in [0.25, 0.3) is 0 Å². The first kappa shape index (κ1) is 23.1. The summed E-state index contributed by atoms with van der Waals surface area (Å²) in [4.78, 5) is 35.9. The van der Waals surface area contributed by atoms with Crippen LogP contribution in [-0.4, -0.2) is 33.2 Å². The van der Waals surface area contributed by atoms with Crippen molar-refractivity contribution in [3.8, 4) is 0 Å². The highest BCUT2D eigenvalue weighted by atomic mass is 32.1. The number of hydrogen-bond acceptors (Lipinski definition) is 5. The lowest BCUT2D eigenvalue weighted by atomic mass is 9.99. The molecule has 0 aliphatic carbocycles. The Morgan fingerprint density at radius 1 is 1.15 bits per heavy atom. The standard InChI is InChI=1S/C26H30N4O2S/c1-18-6-3-7-19(2)22(18)14-21-17-33-25(29-21)16-28-24(31)10-11-26(32)30-13-5-9-23(30)20-8-4-12-27-15-20/h3-4,6-8,12,15,17,23H,5,9-11,13-14,16H2,1-2H3,(H,28,31). The number of aryl methyl sites for hydroxylation is 2. The zero-order valence-electron chi connectivity index (χ0n) is 19.2. The number of rotatable bonds is 8. The molecule has 0 bridgehead atoms. The Balaban J connectivity index is 1.24. The normalized spacial score (nSPS) is 15.6. The third kappa shape index (κ3) is 5.85. The zero-order valence-corrected chi connectivity index (χ0v) is 20.0. The number of benzene rings is 1. The van der Waals surface area contributed by atoms with Crippen LogP contribution in [0.15, 0.2) is 48.1 Å². The van der Waals surface area contributed by atoms with E-state index < -0.39 is 0 Å². The van der Waals surface area contributed by atoms with E-state index in [1.165, 1.54) is 16.7 Å². The first-order valence-corrected chi connectivity index (χ1v) is 12.3. The van der Waals surface area contributed by atoms with Crippen LogP contribution in [0.2, 0.25) is 0 Å². The highest BCUT2D eigenvalue weighted by Gasteiger charge is 2.29. The number of hydrogen-bond donors (Lipinski definition) is 1. The fraction of sp³-hybridized carbons (Fsp3) is 0.385. The Morgan fingerprint density at radius 3 is 2.73 bits per heavy atom. The lowest BCUT2D eigenvalue weighted by molar-refractivity contribution is -0.134. The van der Waals surface area contributed by atoms with Gasteiger partial charge in [0.2, 0.25) is 11.8 Å². The molecule has 3 heterocycles. The van der Waals surface area contributed by atoms with E-state index >= 15 is 0 Å². The van der Waals surface area contributed by atoms with E-state index in [9.17, 15) is 9.59 Å². The number of aromatic nitrogens is 2. The molecule has 1 aliphatic rings. The van der Waals surface area contributed by atoms with Crippen LogP contribution in [0, 0.1) is 13.8 Å². The van der Waals surface area contributed by atoms with Gasteiger partial charge in [0.1, 0.15) is 5.01 Å². The van der Waals surface area contributed by atoms with Crippen molar-refractivity contribution in [2.75, 3.05) is 6.54 Å². The molecule has 1 aliphatic heterocycles. The Hall–Kier alpha value is -3.06. The van der Waals surface area contributed by atoms with Crippen LogP contribution >= 0.6 is 11.3 Å². The van der Waals surface area contributed by atoms with Gasteiger partial charge in [-0.05, 0) is 55.0 Å². The summed E-state index contributed by atoms with van der Waals surface area (Å²) in [6.45, 7) is 5.38. The number of pyridine rings is 1. The van der Waals surface area contributed by atoms with Gasteiger partial charge in [0.15, 0.2) is 0 Å². The summed E-state index contributed by atoms with van der Waals surface area (Å²) in [5, 5.41) is 5.86. The second-order valence-corrected chi connectivity index (χ2v) is 9.53. The van der Waals surface area contributed by atoms with Gasteiger partial charge >= 0.3 is 0 Å². The predicted molar refractivity (Wildman–Crippen MR) is 130 cm³/mol. The molecule has 2 aromatic heterocycles. The van der Waals surface area contributed by atoms with Crippen LogP contribution in [-0.2, 0) is 22.6 Å². The summed E-state index contributed by atoms with van der Waals surface area (Å²) >= 11 is 1.56. The smallest absolute Gasteiger partial charge is 0.223 e. The first-order chi connectivity index (χ1) is 16.0. The topological polar surface area (TPSA) is 75.2 Å². The van der Waals surface area contributed by atoms with Crippen molar-refractivity contribution in [2.24, 2.45) is 0 Å². The van der Waals surface area contributed by atoms with E-state index in [1.54, 1.807) is 17.5 Å². The quantitative estimate of drug-likeness (QED) is 0.535. The Bertz CT molecular complexity index is 1090. The van der Waals surface area contributed by atoms with Gasteiger partial charge in [-0.2, -0.15) is 0 Å². The summed E-state index contributed by atoms with van der Waals surface area (Å²) in [7, 11) is 0. The van der Waals surface area contributed by atoms with Gasteiger partial charge in [0.05, 0.1) is 18.3 Å². The number of carbonyl (C=O) groups is 2. The largest absolute Gasteiger partial charge is 0.350 e. The van der Waals surface area contributed by atoms with Gasteiger partial charge in [0, 0.05) is 43.6 Å². The van der Waals surface area contributed by atoms with E-state index in [2.05, 4.69) is 52.7 Å². The van der Waals surface area contributed by atoms with E-state index in [1.807, 2.05) is 23.2 Å². The van der Waals surface area contributed by atoms with Crippen molar-refractivity contribution < 1.29 is 9.59 Å². The minimum Gasteiger partial charge on any atom is -0.350 e. The molecule has 1 unspecified atom stereocenters. The Morgan fingerprint density at radius 2 is 1.97 bits per heavy atom. The fourth-order valence-electron chi connectivity index (χ4n) is 4.43. The van der Waals surface area contributed by atoms with E-state index in [4.69, 9.17) is 0 Å². The molecule has 172 valence electrons. The molecule has 0 radical (unpaired) electrons. The number of likely N-dealkylation sites (tertiary alicyclic amines) is 1. The molecule has 1 aromatic carbocycles. The monoisotopic (exact) mass is 462 g/mol. The van der Waals surface area contributed by atoms with Gasteiger partial charge in [-0.15, -0.1) is 11.3 Å². The minimum absolute atomic E-state index is 0.0293. The van der Waals surface area contributed by atoms with E-state index in [0.29, 0.717) is 6.54 Å². The molecule has 33 heavy (non-hydrogen) atoms. The number of thiazole rings is 1. The molecule has 1 saturated heterocycles. The average molecular weight is 463 g/mol. The van der Waals surface area contributed by atoms with Crippen molar-refractivity contribution in [3.05, 3.63) is 81.1 Å². The molecule has 1 atom stereocenters. The first-order valence-electron chi connectivity index (χ1n) is 11.5. The molecule has 0 saturated carbocycles. The maximum Gasteiger partial charge on any atom is 0.223 e. The maximum absolute atomic E-state index is 12.8. The molecule has 7 heteroatoms. The average Bonchev–Trinajstić information content (AvgIpc) is 3.49. The number of nitrogens with one attached hydrogen (secondary N) is 1. The summed E-state index contributed by atoms with van der Waals surface area (Å²) in [6.07, 6.45) is 6.69. The molecule has 6 nitrogen and oxygen atoms in total. The Kier molecular flexibility index (Phi) is 7.50. The summed E-state index contributed by atoms with van der Waals surface area (Å²) in [5.41, 5.74) is 5.93. The second-order valence-electron chi connectivity index (χ2n) is 8.59. The zero-order chi connectivity index (χ0) is 23.2. The number of nitrogens with zero attached hydrogens (tertiary/aromatic N) is 3. The molecular weight excluding hydrogens is 432 g/mol. The lowest BCUT2D eigenvalue weighted by Crippen LogP contribution is -2.32. The van der Waals surface area contributed by atoms with Crippen molar-refractivity contribution >= 4 is 23.2 Å². The van der Waals surface area contributed by atoms with Crippen molar-refractivity contribution in [2.45, 2.75) is 58.5 Å². The third-order valence-corrected chi connectivity index (χ3v) is 7.14. The highest BCUT2D eigenvalue weighted by Crippen LogP contribution is 2.32. The van der Waals surface area contributed by atoms with Gasteiger partial charge in [-0.1, -0.05) is 24.3 Å². The van der Waals surface area contributed by atoms with Crippen molar-refractivity contribution in [3.63, 3.8) is 0 Å². The van der Waals surface area contributed by atoms with Crippen LogP contribution in [0.25, 0.3) is 0 Å². The van der Waals surface area contributed by atoms with E-state index in [0.717, 1.165) is 42.1 Å². The summed E-state index contributed by atoms with van der Waals surface area (Å²) in [6, 6.07) is 10.3. The van der Waals surface area contributed by atoms with Crippen LogP contribution in [0.3, 0.4) is 0 Å². The summed E-state index contributed by atoms with van der Waals surface area (Å²) < 4.78 is 0. The molecule has 1 N–H and O–H groups in total. The van der Waals surface area contributed by atoms with Gasteiger partial charge in [-0.3, -0.25) is 14.6 Å². The molecule has 0 spiro atoms. The molecule has 4 rings (SSSR count). The van der Waals surface area contributed by atoms with E-state index in [-0.39, 0.29) is 30.7 Å². The lowest BCUT2D eigenvalue weighted by Gasteiger charge is -2.24.